The summed E-state index contributed by atoms with van der Waals surface area (Å²) >= 11 is 0. The molecule has 0 spiro atoms. The van der Waals surface area contributed by atoms with Crippen molar-refractivity contribution in [2.45, 2.75) is 6.92 Å². The summed E-state index contributed by atoms with van der Waals surface area (Å²) < 4.78 is 0. The van der Waals surface area contributed by atoms with Gasteiger partial charge in [0.05, 0.1) is 5.39 Å². The second-order valence-corrected chi connectivity index (χ2v) is 3.26. The molecule has 0 atom stereocenters. The minimum Gasteiger partial charge on any atom is -0.476 e. The highest BCUT2D eigenvalue weighted by Gasteiger charge is 2.12. The zero-order valence-electron chi connectivity index (χ0n) is 7.94. The van der Waals surface area contributed by atoms with Crippen LogP contribution >= 0.6 is 0 Å². The molecule has 5 nitrogen and oxygen atoms in total. The van der Waals surface area contributed by atoms with Crippen molar-refractivity contribution in [1.82, 2.24) is 10.2 Å². The Bertz CT molecular complexity index is 601. The second-order valence-electron chi connectivity index (χ2n) is 3.26. The van der Waals surface area contributed by atoms with E-state index in [9.17, 15) is 9.59 Å². The summed E-state index contributed by atoms with van der Waals surface area (Å²) in [7, 11) is 0. The van der Waals surface area contributed by atoms with Crippen molar-refractivity contribution < 1.29 is 9.90 Å². The Labute approximate surface area is 84.4 Å². The number of carboxylic acid groups (broad SMARTS) is 1. The first-order chi connectivity index (χ1) is 7.09. The van der Waals surface area contributed by atoms with E-state index in [0.29, 0.717) is 10.8 Å². The maximum Gasteiger partial charge on any atom is 0.356 e. The average molecular weight is 204 g/mol. The quantitative estimate of drug-likeness (QED) is 0.723. The maximum absolute atomic E-state index is 11.4. The zero-order chi connectivity index (χ0) is 11.0. The van der Waals surface area contributed by atoms with Crippen LogP contribution in [0.25, 0.3) is 10.8 Å². The number of aryl methyl sites for hydroxylation is 1. The molecule has 0 saturated carbocycles. The Balaban J connectivity index is 2.96. The van der Waals surface area contributed by atoms with Gasteiger partial charge in [0.2, 0.25) is 0 Å². The third kappa shape index (κ3) is 1.48. The number of carbonyl (C=O) groups is 1. The lowest BCUT2D eigenvalue weighted by Gasteiger charge is -2.01. The van der Waals surface area contributed by atoms with Gasteiger partial charge in [-0.15, -0.1) is 0 Å². The third-order valence-corrected chi connectivity index (χ3v) is 2.15. The molecule has 1 aromatic carbocycles. The Morgan fingerprint density at radius 2 is 2.13 bits per heavy atom. The van der Waals surface area contributed by atoms with Gasteiger partial charge in [0.15, 0.2) is 5.69 Å². The van der Waals surface area contributed by atoms with Crippen LogP contribution in [-0.2, 0) is 0 Å². The molecular weight excluding hydrogens is 196 g/mol. The molecule has 2 N–H and O–H groups in total. The van der Waals surface area contributed by atoms with Gasteiger partial charge in [-0.2, -0.15) is 5.10 Å². The molecule has 2 aromatic rings. The Kier molecular flexibility index (Phi) is 2.00. The van der Waals surface area contributed by atoms with Gasteiger partial charge in [-0.05, 0) is 19.1 Å². The summed E-state index contributed by atoms with van der Waals surface area (Å²) in [4.78, 5) is 22.2. The number of aromatic carboxylic acids is 1. The van der Waals surface area contributed by atoms with Crippen molar-refractivity contribution >= 4 is 16.7 Å². The van der Waals surface area contributed by atoms with E-state index >= 15 is 0 Å². The molecule has 0 aliphatic carbocycles. The van der Waals surface area contributed by atoms with Gasteiger partial charge in [-0.1, -0.05) is 11.6 Å². The van der Waals surface area contributed by atoms with Crippen LogP contribution in [0.2, 0.25) is 0 Å². The summed E-state index contributed by atoms with van der Waals surface area (Å²) in [6.45, 7) is 1.83. The highest BCUT2D eigenvalue weighted by Crippen LogP contribution is 2.14. The van der Waals surface area contributed by atoms with Crippen molar-refractivity contribution in [2.75, 3.05) is 0 Å². The normalized spacial score (nSPS) is 10.5. The molecule has 0 aliphatic rings. The van der Waals surface area contributed by atoms with E-state index in [1.807, 2.05) is 6.92 Å². The van der Waals surface area contributed by atoms with Crippen LogP contribution in [0.5, 0.6) is 0 Å². The fraction of sp³-hybridized carbons (Fsp3) is 0.100. The molecule has 0 amide bonds. The summed E-state index contributed by atoms with van der Waals surface area (Å²) in [6.07, 6.45) is 0. The molecule has 0 fully saturated rings. The molecule has 0 aliphatic heterocycles. The van der Waals surface area contributed by atoms with Gasteiger partial charge in [0.1, 0.15) is 0 Å². The number of hydrogen-bond donors (Lipinski definition) is 2. The number of hydrogen-bond acceptors (Lipinski definition) is 3. The van der Waals surface area contributed by atoms with Gasteiger partial charge in [-0.25, -0.2) is 9.89 Å². The monoisotopic (exact) mass is 204 g/mol. The van der Waals surface area contributed by atoms with Crippen molar-refractivity contribution in [2.24, 2.45) is 0 Å². The number of H-pyrrole nitrogens is 1. The summed E-state index contributed by atoms with van der Waals surface area (Å²) in [5.74, 6) is -1.15. The molecule has 1 aromatic heterocycles. The number of benzene rings is 1. The molecule has 76 valence electrons. The number of aromatic nitrogens is 2. The van der Waals surface area contributed by atoms with E-state index < -0.39 is 5.97 Å². The van der Waals surface area contributed by atoms with Crippen molar-refractivity contribution in [3.63, 3.8) is 0 Å². The maximum atomic E-state index is 11.4. The number of nitrogens with one attached hydrogen (secondary N) is 1. The van der Waals surface area contributed by atoms with Crippen LogP contribution in [0, 0.1) is 6.92 Å². The Morgan fingerprint density at radius 1 is 1.40 bits per heavy atom. The first-order valence-corrected chi connectivity index (χ1v) is 4.32. The van der Waals surface area contributed by atoms with Gasteiger partial charge < -0.3 is 5.11 Å². The third-order valence-electron chi connectivity index (χ3n) is 2.15. The number of carboxylic acids is 1. The van der Waals surface area contributed by atoms with E-state index in [4.69, 9.17) is 5.11 Å². The molecule has 2 rings (SSSR count). The summed E-state index contributed by atoms with van der Waals surface area (Å²) in [5, 5.41) is 15.3. The average Bonchev–Trinajstić information content (AvgIpc) is 2.17. The lowest BCUT2D eigenvalue weighted by molar-refractivity contribution is 0.0691. The van der Waals surface area contributed by atoms with Gasteiger partial charge >= 0.3 is 5.97 Å². The van der Waals surface area contributed by atoms with Gasteiger partial charge in [-0.3, -0.25) is 4.79 Å². The lowest BCUT2D eigenvalue weighted by Crippen LogP contribution is -2.14. The number of nitrogens with zero attached hydrogens (tertiary/aromatic N) is 1. The summed E-state index contributed by atoms with van der Waals surface area (Å²) in [5.41, 5.74) is 0.376. The van der Waals surface area contributed by atoms with E-state index in [1.54, 1.807) is 18.2 Å². The molecule has 0 saturated heterocycles. The second kappa shape index (κ2) is 3.20. The van der Waals surface area contributed by atoms with E-state index in [-0.39, 0.29) is 11.3 Å². The topological polar surface area (TPSA) is 83.0 Å². The fourth-order valence-corrected chi connectivity index (χ4v) is 1.44. The van der Waals surface area contributed by atoms with Crippen LogP contribution in [0.1, 0.15) is 16.1 Å². The predicted octanol–water partition coefficient (Wildman–Crippen LogP) is 0.930. The van der Waals surface area contributed by atoms with Crippen LogP contribution in [0.3, 0.4) is 0 Å². The van der Waals surface area contributed by atoms with Gasteiger partial charge in [0.25, 0.3) is 5.56 Å². The first kappa shape index (κ1) is 9.39. The largest absolute Gasteiger partial charge is 0.476 e. The molecular formula is C10H8N2O3. The van der Waals surface area contributed by atoms with E-state index in [0.717, 1.165) is 5.56 Å². The smallest absolute Gasteiger partial charge is 0.356 e. The van der Waals surface area contributed by atoms with Crippen LogP contribution < -0.4 is 5.56 Å². The Hall–Kier alpha value is -2.17. The Morgan fingerprint density at radius 3 is 2.80 bits per heavy atom. The summed E-state index contributed by atoms with van der Waals surface area (Å²) in [6, 6.07) is 4.99. The van der Waals surface area contributed by atoms with Crippen molar-refractivity contribution in [3.05, 3.63) is 39.8 Å². The first-order valence-electron chi connectivity index (χ1n) is 4.32. The highest BCUT2D eigenvalue weighted by atomic mass is 16.4. The van der Waals surface area contributed by atoms with Crippen LogP contribution in [0.4, 0.5) is 0 Å². The highest BCUT2D eigenvalue weighted by molar-refractivity contribution is 6.01. The minimum absolute atomic E-state index is 0.131. The standard InChI is InChI=1S/C10H8N2O3/c1-5-2-3-6-7(4-5)8(10(14)15)11-12-9(6)13/h2-4H,1H3,(H,12,13)(H,14,15). The molecule has 15 heavy (non-hydrogen) atoms. The van der Waals surface area contributed by atoms with Crippen molar-refractivity contribution in [1.29, 1.82) is 0 Å². The minimum atomic E-state index is -1.15. The number of rotatable bonds is 1. The SMILES string of the molecule is Cc1ccc2c(=O)[nH]nc(C(=O)O)c2c1. The lowest BCUT2D eigenvalue weighted by atomic mass is 10.1. The number of fused-ring (bicyclic) bond motifs is 1. The van der Waals surface area contributed by atoms with Gasteiger partial charge in [0, 0.05) is 5.39 Å². The predicted molar refractivity (Wildman–Crippen MR) is 54.1 cm³/mol. The van der Waals surface area contributed by atoms with E-state index in [2.05, 4.69) is 10.2 Å². The molecule has 0 bridgehead atoms. The number of aromatic amines is 1. The fourth-order valence-electron chi connectivity index (χ4n) is 1.44. The molecule has 1 heterocycles. The van der Waals surface area contributed by atoms with E-state index in [1.165, 1.54) is 0 Å². The van der Waals surface area contributed by atoms with Crippen molar-refractivity contribution in [3.8, 4) is 0 Å². The van der Waals surface area contributed by atoms with Crippen LogP contribution in [-0.4, -0.2) is 21.3 Å². The molecule has 5 heteroatoms. The zero-order valence-corrected chi connectivity index (χ0v) is 7.94. The van der Waals surface area contributed by atoms with Crippen LogP contribution in [0.15, 0.2) is 23.0 Å². The molecule has 0 radical (unpaired) electrons. The molecule has 0 unspecified atom stereocenters.